The van der Waals surface area contributed by atoms with E-state index in [4.69, 9.17) is 4.74 Å². The van der Waals surface area contributed by atoms with Gasteiger partial charge in [-0.3, -0.25) is 4.79 Å². The van der Waals surface area contributed by atoms with Gasteiger partial charge in [-0.1, -0.05) is 48.5 Å². The summed E-state index contributed by atoms with van der Waals surface area (Å²) < 4.78 is 5.87. The van der Waals surface area contributed by atoms with Crippen LogP contribution in [0.3, 0.4) is 0 Å². The van der Waals surface area contributed by atoms with Crippen LogP contribution >= 0.6 is 0 Å². The molecule has 0 radical (unpaired) electrons. The number of H-pyrrole nitrogens is 1. The molecule has 4 rings (SSSR count). The Labute approximate surface area is 139 Å². The molecule has 118 valence electrons. The van der Waals surface area contributed by atoms with Crippen molar-refractivity contribution < 1.29 is 9.53 Å². The first-order valence-corrected chi connectivity index (χ1v) is 7.99. The van der Waals surface area contributed by atoms with Crippen LogP contribution in [0.5, 0.6) is 5.75 Å². The second-order valence-electron chi connectivity index (χ2n) is 5.87. The van der Waals surface area contributed by atoms with Gasteiger partial charge >= 0.3 is 0 Å². The van der Waals surface area contributed by atoms with Gasteiger partial charge in [-0.15, -0.1) is 0 Å². The molecule has 3 aromatic carbocycles. The highest BCUT2D eigenvalue weighted by molar-refractivity contribution is 6.07. The number of rotatable bonds is 4. The Hall–Kier alpha value is -3.07. The number of para-hydroxylation sites is 1. The van der Waals surface area contributed by atoms with Crippen molar-refractivity contribution in [2.24, 2.45) is 0 Å². The van der Waals surface area contributed by atoms with E-state index in [-0.39, 0.29) is 5.78 Å². The minimum absolute atomic E-state index is 0.0210. The number of benzene rings is 3. The van der Waals surface area contributed by atoms with E-state index in [2.05, 4.69) is 17.1 Å². The summed E-state index contributed by atoms with van der Waals surface area (Å²) in [6, 6.07) is 23.3. The molecule has 1 atom stereocenters. The number of ether oxygens (including phenoxy) is 1. The standard InChI is InChI=1S/C21H17NO2/c1-14(21(23)15-7-3-2-4-8-15)24-16-11-12-18-17-9-5-6-10-19(17)22-20(18)13-16/h2-14,22H,1H3/t14-/m1/s1. The summed E-state index contributed by atoms with van der Waals surface area (Å²) in [5.74, 6) is 0.665. The van der Waals surface area contributed by atoms with Crippen LogP contribution in [0.2, 0.25) is 0 Å². The molecule has 1 N–H and O–H groups in total. The molecular formula is C21H17NO2. The maximum Gasteiger partial charge on any atom is 0.202 e. The van der Waals surface area contributed by atoms with Crippen LogP contribution in [-0.4, -0.2) is 16.9 Å². The first-order valence-electron chi connectivity index (χ1n) is 7.99. The second-order valence-corrected chi connectivity index (χ2v) is 5.87. The van der Waals surface area contributed by atoms with Crippen molar-refractivity contribution in [1.82, 2.24) is 4.98 Å². The molecule has 1 heterocycles. The number of nitrogens with one attached hydrogen (secondary N) is 1. The summed E-state index contributed by atoms with van der Waals surface area (Å²) in [6.45, 7) is 1.78. The Kier molecular flexibility index (Phi) is 3.54. The number of carbonyl (C=O) groups excluding carboxylic acids is 1. The van der Waals surface area contributed by atoms with Crippen LogP contribution in [0.1, 0.15) is 17.3 Å². The van der Waals surface area contributed by atoms with Gasteiger partial charge in [0.15, 0.2) is 6.10 Å². The first-order chi connectivity index (χ1) is 11.7. The van der Waals surface area contributed by atoms with Gasteiger partial charge in [0.1, 0.15) is 5.75 Å². The topological polar surface area (TPSA) is 42.1 Å². The SMILES string of the molecule is C[C@@H](Oc1ccc2c(c1)[nH]c1ccccc12)C(=O)c1ccccc1. The molecule has 0 aliphatic carbocycles. The van der Waals surface area contributed by atoms with Crippen molar-refractivity contribution in [2.45, 2.75) is 13.0 Å². The van der Waals surface area contributed by atoms with Gasteiger partial charge in [0.25, 0.3) is 0 Å². The van der Waals surface area contributed by atoms with E-state index in [0.717, 1.165) is 16.4 Å². The zero-order chi connectivity index (χ0) is 16.5. The lowest BCUT2D eigenvalue weighted by Crippen LogP contribution is -2.23. The van der Waals surface area contributed by atoms with Crippen LogP contribution in [0.4, 0.5) is 0 Å². The number of ketones is 1. The maximum absolute atomic E-state index is 12.4. The van der Waals surface area contributed by atoms with E-state index in [1.165, 1.54) is 5.39 Å². The zero-order valence-corrected chi connectivity index (χ0v) is 13.3. The molecule has 24 heavy (non-hydrogen) atoms. The van der Waals surface area contributed by atoms with Crippen LogP contribution < -0.4 is 4.74 Å². The Morgan fingerprint density at radius 2 is 1.58 bits per heavy atom. The van der Waals surface area contributed by atoms with Gasteiger partial charge < -0.3 is 9.72 Å². The summed E-state index contributed by atoms with van der Waals surface area (Å²) in [5, 5.41) is 2.34. The predicted octanol–water partition coefficient (Wildman–Crippen LogP) is 4.97. The zero-order valence-electron chi connectivity index (χ0n) is 13.3. The Balaban J connectivity index is 1.62. The van der Waals surface area contributed by atoms with Gasteiger partial charge in [0, 0.05) is 27.9 Å². The third-order valence-corrected chi connectivity index (χ3v) is 4.22. The highest BCUT2D eigenvalue weighted by atomic mass is 16.5. The van der Waals surface area contributed by atoms with Crippen LogP contribution in [0.15, 0.2) is 72.8 Å². The van der Waals surface area contributed by atoms with Gasteiger partial charge in [-0.05, 0) is 25.1 Å². The van der Waals surface area contributed by atoms with Crippen molar-refractivity contribution in [1.29, 1.82) is 0 Å². The quantitative estimate of drug-likeness (QED) is 0.540. The lowest BCUT2D eigenvalue weighted by Gasteiger charge is -2.13. The summed E-state index contributed by atoms with van der Waals surface area (Å²) in [7, 11) is 0. The highest BCUT2D eigenvalue weighted by Gasteiger charge is 2.17. The number of hydrogen-bond acceptors (Lipinski definition) is 2. The Bertz CT molecular complexity index is 1020. The number of aromatic amines is 1. The molecule has 0 saturated heterocycles. The number of aromatic nitrogens is 1. The predicted molar refractivity (Wildman–Crippen MR) is 96.7 cm³/mol. The monoisotopic (exact) mass is 315 g/mol. The fourth-order valence-electron chi connectivity index (χ4n) is 3.00. The average Bonchev–Trinajstić information content (AvgIpc) is 2.99. The second kappa shape index (κ2) is 5.85. The molecule has 4 aromatic rings. The Morgan fingerprint density at radius 3 is 2.42 bits per heavy atom. The summed E-state index contributed by atoms with van der Waals surface area (Å²) in [5.41, 5.74) is 2.77. The molecule has 0 saturated carbocycles. The third kappa shape index (κ3) is 2.54. The lowest BCUT2D eigenvalue weighted by molar-refractivity contribution is 0.0818. The molecule has 3 nitrogen and oxygen atoms in total. The lowest BCUT2D eigenvalue weighted by atomic mass is 10.1. The van der Waals surface area contributed by atoms with Crippen molar-refractivity contribution in [3.63, 3.8) is 0 Å². The average molecular weight is 315 g/mol. The van der Waals surface area contributed by atoms with Crippen LogP contribution in [0, 0.1) is 0 Å². The largest absolute Gasteiger partial charge is 0.482 e. The number of hydrogen-bond donors (Lipinski definition) is 1. The van der Waals surface area contributed by atoms with Gasteiger partial charge in [-0.2, -0.15) is 0 Å². The Morgan fingerprint density at radius 1 is 0.875 bits per heavy atom. The number of Topliss-reactive ketones (excluding diaryl/α,β-unsaturated/α-hetero) is 1. The van der Waals surface area contributed by atoms with Gasteiger partial charge in [0.05, 0.1) is 5.52 Å². The fourth-order valence-corrected chi connectivity index (χ4v) is 3.00. The molecular weight excluding hydrogens is 298 g/mol. The van der Waals surface area contributed by atoms with Crippen molar-refractivity contribution in [3.05, 3.63) is 78.4 Å². The summed E-state index contributed by atoms with van der Waals surface area (Å²) >= 11 is 0. The third-order valence-electron chi connectivity index (χ3n) is 4.22. The van der Waals surface area contributed by atoms with Crippen molar-refractivity contribution in [3.8, 4) is 5.75 Å². The van der Waals surface area contributed by atoms with E-state index in [1.807, 2.05) is 60.7 Å². The normalized spacial score (nSPS) is 12.4. The number of fused-ring (bicyclic) bond motifs is 3. The van der Waals surface area contributed by atoms with Crippen molar-refractivity contribution in [2.75, 3.05) is 0 Å². The number of carbonyl (C=O) groups is 1. The molecule has 0 aliphatic rings. The smallest absolute Gasteiger partial charge is 0.202 e. The molecule has 0 fully saturated rings. The van der Waals surface area contributed by atoms with Crippen LogP contribution in [0.25, 0.3) is 21.8 Å². The molecule has 0 aliphatic heterocycles. The van der Waals surface area contributed by atoms with Crippen molar-refractivity contribution >= 4 is 27.6 Å². The van der Waals surface area contributed by atoms with E-state index >= 15 is 0 Å². The maximum atomic E-state index is 12.4. The molecule has 0 unspecified atom stereocenters. The minimum atomic E-state index is -0.533. The van der Waals surface area contributed by atoms with Gasteiger partial charge in [0.2, 0.25) is 5.78 Å². The summed E-state index contributed by atoms with van der Waals surface area (Å²) in [4.78, 5) is 15.8. The minimum Gasteiger partial charge on any atom is -0.482 e. The molecule has 0 spiro atoms. The fraction of sp³-hybridized carbons (Fsp3) is 0.0952. The molecule has 3 heteroatoms. The first kappa shape index (κ1) is 14.5. The van der Waals surface area contributed by atoms with E-state index in [9.17, 15) is 4.79 Å². The molecule has 0 bridgehead atoms. The molecule has 1 aromatic heterocycles. The van der Waals surface area contributed by atoms with E-state index < -0.39 is 6.10 Å². The van der Waals surface area contributed by atoms with E-state index in [1.54, 1.807) is 6.92 Å². The van der Waals surface area contributed by atoms with Crippen LogP contribution in [-0.2, 0) is 0 Å². The summed E-state index contributed by atoms with van der Waals surface area (Å²) in [6.07, 6.45) is -0.533. The van der Waals surface area contributed by atoms with E-state index in [0.29, 0.717) is 11.3 Å². The van der Waals surface area contributed by atoms with Gasteiger partial charge in [-0.25, -0.2) is 0 Å². The highest BCUT2D eigenvalue weighted by Crippen LogP contribution is 2.28. The molecule has 0 amide bonds.